The summed E-state index contributed by atoms with van der Waals surface area (Å²) in [7, 11) is 3.26. The molecule has 0 saturated carbocycles. The van der Waals surface area contributed by atoms with E-state index < -0.39 is 0 Å². The number of anilines is 1. The molecule has 0 unspecified atom stereocenters. The second-order valence-electron chi connectivity index (χ2n) is 4.12. The van der Waals surface area contributed by atoms with Gasteiger partial charge >= 0.3 is 0 Å². The first-order chi connectivity index (χ1) is 9.06. The summed E-state index contributed by atoms with van der Waals surface area (Å²) in [5.74, 6) is 2.12. The van der Waals surface area contributed by atoms with Crippen molar-refractivity contribution < 1.29 is 9.47 Å². The minimum Gasteiger partial charge on any atom is -0.497 e. The van der Waals surface area contributed by atoms with Gasteiger partial charge in [0.1, 0.15) is 17.3 Å². The van der Waals surface area contributed by atoms with Gasteiger partial charge in [-0.1, -0.05) is 0 Å². The van der Waals surface area contributed by atoms with E-state index >= 15 is 0 Å². The number of methoxy groups -OCH3 is 2. The Morgan fingerprint density at radius 2 is 2.05 bits per heavy atom. The standard InChI is InChI=1S/C13H16BrN3O2/c1-8-12(14)13(15)17(16-8)7-9-4-5-10(18-2)6-11(9)19-3/h4-6H,7,15H2,1-3H3. The number of aryl methyl sites for hydroxylation is 1. The summed E-state index contributed by atoms with van der Waals surface area (Å²) < 4.78 is 13.1. The zero-order chi connectivity index (χ0) is 14.0. The number of aromatic nitrogens is 2. The Hall–Kier alpha value is -1.69. The van der Waals surface area contributed by atoms with Crippen molar-refractivity contribution in [2.45, 2.75) is 13.5 Å². The summed E-state index contributed by atoms with van der Waals surface area (Å²) >= 11 is 3.41. The molecule has 0 fully saturated rings. The monoisotopic (exact) mass is 325 g/mol. The molecule has 0 radical (unpaired) electrons. The third-order valence-electron chi connectivity index (χ3n) is 2.91. The lowest BCUT2D eigenvalue weighted by molar-refractivity contribution is 0.389. The van der Waals surface area contributed by atoms with Crippen LogP contribution in [0.2, 0.25) is 0 Å². The van der Waals surface area contributed by atoms with Crippen LogP contribution in [0.4, 0.5) is 5.82 Å². The maximum atomic E-state index is 5.99. The average molecular weight is 326 g/mol. The van der Waals surface area contributed by atoms with Gasteiger partial charge in [0.2, 0.25) is 0 Å². The highest BCUT2D eigenvalue weighted by Gasteiger charge is 2.12. The molecule has 0 atom stereocenters. The Morgan fingerprint density at radius 3 is 2.58 bits per heavy atom. The first-order valence-electron chi connectivity index (χ1n) is 5.76. The van der Waals surface area contributed by atoms with Crippen LogP contribution in [0.25, 0.3) is 0 Å². The Kier molecular flexibility index (Phi) is 3.99. The maximum Gasteiger partial charge on any atom is 0.136 e. The normalized spacial score (nSPS) is 10.5. The van der Waals surface area contributed by atoms with Gasteiger partial charge in [0, 0.05) is 11.6 Å². The van der Waals surface area contributed by atoms with Crippen LogP contribution >= 0.6 is 15.9 Å². The van der Waals surface area contributed by atoms with E-state index in [9.17, 15) is 0 Å². The van der Waals surface area contributed by atoms with Crippen LogP contribution in [0, 0.1) is 6.92 Å². The molecule has 2 N–H and O–H groups in total. The molecule has 0 aliphatic carbocycles. The molecule has 0 aliphatic rings. The summed E-state index contributed by atoms with van der Waals surface area (Å²) in [6, 6.07) is 5.68. The first-order valence-corrected chi connectivity index (χ1v) is 6.55. The van der Waals surface area contributed by atoms with Crippen LogP contribution in [0.15, 0.2) is 22.7 Å². The fourth-order valence-corrected chi connectivity index (χ4v) is 2.13. The minimum absolute atomic E-state index is 0.547. The predicted octanol–water partition coefficient (Wildman–Crippen LogP) is 2.60. The number of nitrogens with zero attached hydrogens (tertiary/aromatic N) is 2. The van der Waals surface area contributed by atoms with Gasteiger partial charge in [0.25, 0.3) is 0 Å². The van der Waals surface area contributed by atoms with Crippen molar-refractivity contribution in [1.29, 1.82) is 0 Å². The lowest BCUT2D eigenvalue weighted by Crippen LogP contribution is -2.07. The van der Waals surface area contributed by atoms with Crippen LogP contribution in [0.1, 0.15) is 11.3 Å². The molecule has 1 aromatic heterocycles. The molecule has 5 nitrogen and oxygen atoms in total. The van der Waals surface area contributed by atoms with Gasteiger partial charge in [-0.05, 0) is 35.0 Å². The molecule has 2 rings (SSSR count). The predicted molar refractivity (Wildman–Crippen MR) is 77.7 cm³/mol. The van der Waals surface area contributed by atoms with Gasteiger partial charge in [-0.25, -0.2) is 4.68 Å². The fourth-order valence-electron chi connectivity index (χ4n) is 1.84. The molecule has 0 amide bonds. The van der Waals surface area contributed by atoms with E-state index in [4.69, 9.17) is 15.2 Å². The zero-order valence-electron chi connectivity index (χ0n) is 11.1. The van der Waals surface area contributed by atoms with Crippen LogP contribution in [-0.2, 0) is 6.54 Å². The maximum absolute atomic E-state index is 5.99. The molecular formula is C13H16BrN3O2. The Bertz CT molecular complexity index is 596. The van der Waals surface area contributed by atoms with Crippen molar-refractivity contribution in [2.75, 3.05) is 20.0 Å². The van der Waals surface area contributed by atoms with E-state index in [1.165, 1.54) is 0 Å². The molecule has 0 bridgehead atoms. The molecule has 0 spiro atoms. The number of ether oxygens (including phenoxy) is 2. The highest BCUT2D eigenvalue weighted by molar-refractivity contribution is 9.10. The Labute approximate surface area is 120 Å². The van der Waals surface area contributed by atoms with Gasteiger partial charge in [-0.15, -0.1) is 0 Å². The summed E-state index contributed by atoms with van der Waals surface area (Å²) in [4.78, 5) is 0. The average Bonchev–Trinajstić information content (AvgIpc) is 2.67. The van der Waals surface area contributed by atoms with E-state index in [-0.39, 0.29) is 0 Å². The molecule has 6 heteroatoms. The van der Waals surface area contributed by atoms with Crippen LogP contribution in [0.3, 0.4) is 0 Å². The van der Waals surface area contributed by atoms with Crippen molar-refractivity contribution >= 4 is 21.7 Å². The smallest absolute Gasteiger partial charge is 0.136 e. The lowest BCUT2D eigenvalue weighted by Gasteiger charge is -2.11. The highest BCUT2D eigenvalue weighted by Crippen LogP contribution is 2.28. The van der Waals surface area contributed by atoms with E-state index in [1.807, 2.05) is 25.1 Å². The molecule has 0 aliphatic heterocycles. The van der Waals surface area contributed by atoms with Crippen LogP contribution in [0.5, 0.6) is 11.5 Å². The molecule has 1 heterocycles. The summed E-state index contributed by atoms with van der Waals surface area (Å²) in [5.41, 5.74) is 7.84. The Morgan fingerprint density at radius 1 is 1.32 bits per heavy atom. The van der Waals surface area contributed by atoms with Gasteiger partial charge in [-0.2, -0.15) is 5.10 Å². The minimum atomic E-state index is 0.547. The third-order valence-corrected chi connectivity index (χ3v) is 3.89. The summed E-state index contributed by atoms with van der Waals surface area (Å²) in [6.45, 7) is 2.45. The first kappa shape index (κ1) is 13.7. The van der Waals surface area contributed by atoms with Crippen molar-refractivity contribution in [3.05, 3.63) is 33.9 Å². The summed E-state index contributed by atoms with van der Waals surface area (Å²) in [5, 5.41) is 4.38. The van der Waals surface area contributed by atoms with Gasteiger partial charge in [0.05, 0.1) is 30.9 Å². The van der Waals surface area contributed by atoms with Gasteiger partial charge in [0.15, 0.2) is 0 Å². The van der Waals surface area contributed by atoms with Crippen molar-refractivity contribution in [3.63, 3.8) is 0 Å². The van der Waals surface area contributed by atoms with Gasteiger partial charge < -0.3 is 15.2 Å². The number of benzene rings is 1. The van der Waals surface area contributed by atoms with E-state index in [2.05, 4.69) is 21.0 Å². The number of rotatable bonds is 4. The van der Waals surface area contributed by atoms with Crippen molar-refractivity contribution in [2.24, 2.45) is 0 Å². The highest BCUT2D eigenvalue weighted by atomic mass is 79.9. The molecule has 1 aromatic carbocycles. The lowest BCUT2D eigenvalue weighted by atomic mass is 10.2. The summed E-state index contributed by atoms with van der Waals surface area (Å²) in [6.07, 6.45) is 0. The van der Waals surface area contributed by atoms with Crippen LogP contribution in [-0.4, -0.2) is 24.0 Å². The SMILES string of the molecule is COc1ccc(Cn2nc(C)c(Br)c2N)c(OC)c1. The van der Waals surface area contributed by atoms with Crippen molar-refractivity contribution in [3.8, 4) is 11.5 Å². The molecule has 0 saturated heterocycles. The number of hydrogen-bond acceptors (Lipinski definition) is 4. The van der Waals surface area contributed by atoms with E-state index in [1.54, 1.807) is 18.9 Å². The molecular weight excluding hydrogens is 310 g/mol. The molecule has 102 valence electrons. The number of nitrogens with two attached hydrogens (primary N) is 1. The van der Waals surface area contributed by atoms with Gasteiger partial charge in [-0.3, -0.25) is 0 Å². The Balaban J connectivity index is 2.35. The quantitative estimate of drug-likeness (QED) is 0.938. The third kappa shape index (κ3) is 2.68. The molecule has 2 aromatic rings. The number of hydrogen-bond donors (Lipinski definition) is 1. The number of nitrogen functional groups attached to an aromatic ring is 1. The van der Waals surface area contributed by atoms with Crippen molar-refractivity contribution in [1.82, 2.24) is 9.78 Å². The zero-order valence-corrected chi connectivity index (χ0v) is 12.7. The van der Waals surface area contributed by atoms with Crippen LogP contribution < -0.4 is 15.2 Å². The second kappa shape index (κ2) is 5.52. The van der Waals surface area contributed by atoms with E-state index in [0.717, 1.165) is 27.2 Å². The topological polar surface area (TPSA) is 62.3 Å². The second-order valence-corrected chi connectivity index (χ2v) is 4.91. The fraction of sp³-hybridized carbons (Fsp3) is 0.308. The molecule has 19 heavy (non-hydrogen) atoms. The largest absolute Gasteiger partial charge is 0.497 e. The number of halogens is 1. The van der Waals surface area contributed by atoms with E-state index in [0.29, 0.717) is 12.4 Å².